The Hall–Kier alpha value is -5.00. The summed E-state index contributed by atoms with van der Waals surface area (Å²) in [5.41, 5.74) is 4.06. The van der Waals surface area contributed by atoms with E-state index in [1.165, 1.54) is 59.6 Å². The van der Waals surface area contributed by atoms with Crippen LogP contribution in [-0.2, 0) is 16.0 Å². The quantitative estimate of drug-likeness (QED) is 0.0644. The smallest absolute Gasteiger partial charge is 0.343 e. The number of hydrogen-bond acceptors (Lipinski definition) is 9. The number of unbranched alkanes of at least 4 members (excludes halogenated alkanes) is 3. The minimum absolute atomic E-state index is 0.109. The highest BCUT2D eigenvalue weighted by Crippen LogP contribution is 2.38. The molecule has 0 radical (unpaired) electrons. The maximum absolute atomic E-state index is 13.7. The Morgan fingerprint density at radius 2 is 1.51 bits per heavy atom. The molecule has 0 unspecified atom stereocenters. The van der Waals surface area contributed by atoms with E-state index in [-0.39, 0.29) is 5.57 Å². The lowest BCUT2D eigenvalue weighted by atomic mass is 10.1. The summed E-state index contributed by atoms with van der Waals surface area (Å²) < 4.78 is 0.870. The van der Waals surface area contributed by atoms with Crippen molar-refractivity contribution >= 4 is 84.0 Å². The SMILES string of the molecule is CCCCCCN1CCc2cc(N=Nc3nc4sc(C=C5C(=O)N(c6ccccc6)C(=O)N(c6ccccc6)C5=O)cc4s3)ccc21. The largest absolute Gasteiger partial charge is 0.371 e. The van der Waals surface area contributed by atoms with Gasteiger partial charge < -0.3 is 4.90 Å². The molecule has 47 heavy (non-hydrogen) atoms. The summed E-state index contributed by atoms with van der Waals surface area (Å²) in [7, 11) is 0. The summed E-state index contributed by atoms with van der Waals surface area (Å²) >= 11 is 2.74. The predicted molar refractivity (Wildman–Crippen MR) is 189 cm³/mol. The standard InChI is InChI=1S/C36H32N6O3S2/c1-2-3-4-11-19-40-20-18-24-21-25(16-17-30(24)40)38-39-35-37-32-31(47-35)23-28(46-32)22-29-33(43)41(26-12-7-5-8-13-26)36(45)42(34(29)44)27-14-9-6-10-15-27/h5-10,12-17,21-23H,2-4,11,18-20H2,1H3. The lowest BCUT2D eigenvalue weighted by molar-refractivity contribution is -0.121. The van der Waals surface area contributed by atoms with Crippen molar-refractivity contribution in [3.8, 4) is 0 Å². The van der Waals surface area contributed by atoms with E-state index in [1.807, 2.05) is 12.1 Å². The van der Waals surface area contributed by atoms with Gasteiger partial charge in [-0.05, 0) is 73.0 Å². The van der Waals surface area contributed by atoms with Crippen molar-refractivity contribution in [1.29, 1.82) is 0 Å². The molecular formula is C36H32N6O3S2. The summed E-state index contributed by atoms with van der Waals surface area (Å²) in [4.78, 5) is 51.5. The summed E-state index contributed by atoms with van der Waals surface area (Å²) in [6.07, 6.45) is 7.59. The molecule has 0 bridgehead atoms. The Bertz CT molecular complexity index is 1920. The van der Waals surface area contributed by atoms with Crippen LogP contribution in [0.3, 0.4) is 0 Å². The van der Waals surface area contributed by atoms with Gasteiger partial charge in [0.15, 0.2) is 0 Å². The second-order valence-corrected chi connectivity index (χ2v) is 13.5. The number of aromatic nitrogens is 1. The molecule has 2 aliphatic heterocycles. The number of urea groups is 1. The third-order valence-corrected chi connectivity index (χ3v) is 10.2. The van der Waals surface area contributed by atoms with Crippen molar-refractivity contribution in [2.45, 2.75) is 39.0 Å². The van der Waals surface area contributed by atoms with E-state index in [4.69, 9.17) is 0 Å². The molecule has 236 valence electrons. The number of benzene rings is 3. The maximum atomic E-state index is 13.7. The third kappa shape index (κ3) is 6.24. The van der Waals surface area contributed by atoms with E-state index in [9.17, 15) is 14.4 Å². The average molecular weight is 661 g/mol. The molecule has 5 aromatic rings. The monoisotopic (exact) mass is 660 g/mol. The molecule has 9 nitrogen and oxygen atoms in total. The molecule has 1 fully saturated rings. The topological polar surface area (TPSA) is 98.5 Å². The van der Waals surface area contributed by atoms with Crippen molar-refractivity contribution in [3.63, 3.8) is 0 Å². The average Bonchev–Trinajstić information content (AvgIpc) is 3.78. The molecule has 11 heteroatoms. The summed E-state index contributed by atoms with van der Waals surface area (Å²) in [5, 5.41) is 9.42. The van der Waals surface area contributed by atoms with Gasteiger partial charge in [0.25, 0.3) is 11.8 Å². The maximum Gasteiger partial charge on any atom is 0.343 e. The van der Waals surface area contributed by atoms with Gasteiger partial charge in [0.2, 0.25) is 5.13 Å². The van der Waals surface area contributed by atoms with Gasteiger partial charge in [-0.3, -0.25) is 9.59 Å². The van der Waals surface area contributed by atoms with Gasteiger partial charge >= 0.3 is 6.03 Å². The van der Waals surface area contributed by atoms with Crippen LogP contribution in [0.2, 0.25) is 0 Å². The highest BCUT2D eigenvalue weighted by Gasteiger charge is 2.43. The first-order valence-electron chi connectivity index (χ1n) is 15.7. The molecule has 4 heterocycles. The van der Waals surface area contributed by atoms with E-state index in [1.54, 1.807) is 66.7 Å². The van der Waals surface area contributed by atoms with Crippen LogP contribution in [0, 0.1) is 0 Å². The fourth-order valence-corrected chi connectivity index (χ4v) is 7.90. The Labute approximate surface area is 280 Å². The van der Waals surface area contributed by atoms with Gasteiger partial charge in [-0.2, -0.15) is 0 Å². The molecule has 3 aromatic carbocycles. The van der Waals surface area contributed by atoms with Crippen molar-refractivity contribution < 1.29 is 14.4 Å². The van der Waals surface area contributed by atoms with Crippen molar-refractivity contribution in [2.24, 2.45) is 10.2 Å². The van der Waals surface area contributed by atoms with Gasteiger partial charge in [0, 0.05) is 23.7 Å². The lowest BCUT2D eigenvalue weighted by Crippen LogP contribution is -2.57. The Balaban J connectivity index is 1.11. The van der Waals surface area contributed by atoms with E-state index < -0.39 is 17.8 Å². The van der Waals surface area contributed by atoms with Crippen LogP contribution in [0.1, 0.15) is 43.0 Å². The number of thiophene rings is 1. The van der Waals surface area contributed by atoms with Crippen molar-refractivity contribution in [2.75, 3.05) is 27.8 Å². The first-order valence-corrected chi connectivity index (χ1v) is 17.4. The predicted octanol–water partition coefficient (Wildman–Crippen LogP) is 9.30. The summed E-state index contributed by atoms with van der Waals surface area (Å²) in [5.74, 6) is -1.35. The van der Waals surface area contributed by atoms with Crippen molar-refractivity contribution in [1.82, 2.24) is 4.98 Å². The second kappa shape index (κ2) is 13.4. The number of para-hydroxylation sites is 2. The minimum Gasteiger partial charge on any atom is -0.371 e. The highest BCUT2D eigenvalue weighted by atomic mass is 32.1. The molecule has 2 aromatic heterocycles. The van der Waals surface area contributed by atoms with E-state index >= 15 is 0 Å². The van der Waals surface area contributed by atoms with Crippen LogP contribution < -0.4 is 14.7 Å². The number of carbonyl (C=O) groups excluding carboxylic acids is 3. The molecule has 1 saturated heterocycles. The molecule has 0 saturated carbocycles. The number of imide groups is 2. The summed E-state index contributed by atoms with van der Waals surface area (Å²) in [6.45, 7) is 4.38. The number of amides is 4. The van der Waals surface area contributed by atoms with Crippen LogP contribution in [0.5, 0.6) is 0 Å². The number of anilines is 3. The van der Waals surface area contributed by atoms with Gasteiger partial charge in [0.05, 0.1) is 21.8 Å². The second-order valence-electron chi connectivity index (χ2n) is 11.4. The van der Waals surface area contributed by atoms with E-state index in [2.05, 4.69) is 39.2 Å². The number of rotatable bonds is 10. The van der Waals surface area contributed by atoms with E-state index in [0.717, 1.165) is 44.5 Å². The highest BCUT2D eigenvalue weighted by molar-refractivity contribution is 7.29. The number of nitrogens with zero attached hydrogens (tertiary/aromatic N) is 6. The normalized spacial score (nSPS) is 15.0. The lowest BCUT2D eigenvalue weighted by Gasteiger charge is -2.33. The first-order chi connectivity index (χ1) is 23.0. The first kappa shape index (κ1) is 30.6. The molecule has 0 aliphatic carbocycles. The zero-order chi connectivity index (χ0) is 32.3. The molecule has 7 rings (SSSR count). The van der Waals surface area contributed by atoms with Crippen LogP contribution in [0.4, 0.5) is 32.7 Å². The van der Waals surface area contributed by atoms with Crippen LogP contribution in [-0.4, -0.2) is 35.9 Å². The Morgan fingerprint density at radius 3 is 2.17 bits per heavy atom. The van der Waals surface area contributed by atoms with Crippen LogP contribution in [0.25, 0.3) is 15.6 Å². The molecule has 0 N–H and O–H groups in total. The van der Waals surface area contributed by atoms with Crippen molar-refractivity contribution in [3.05, 3.63) is 101 Å². The third-order valence-electron chi connectivity index (χ3n) is 8.25. The number of azo groups is 1. The van der Waals surface area contributed by atoms with Gasteiger partial charge in [0.1, 0.15) is 10.4 Å². The fourth-order valence-electron chi connectivity index (χ4n) is 5.92. The number of barbiturate groups is 1. The Kier molecular flexibility index (Phi) is 8.73. The van der Waals surface area contributed by atoms with Crippen LogP contribution in [0.15, 0.2) is 101 Å². The van der Waals surface area contributed by atoms with Gasteiger partial charge in [-0.15, -0.1) is 21.6 Å². The molecular weight excluding hydrogens is 629 g/mol. The molecule has 0 spiro atoms. The number of carbonyl (C=O) groups is 3. The fraction of sp³-hybridized carbons (Fsp3) is 0.222. The number of fused-ring (bicyclic) bond motifs is 2. The molecule has 4 amide bonds. The van der Waals surface area contributed by atoms with Crippen LogP contribution >= 0.6 is 22.7 Å². The number of hydrogen-bond donors (Lipinski definition) is 0. The minimum atomic E-state index is -0.721. The molecule has 2 aliphatic rings. The van der Waals surface area contributed by atoms with E-state index in [0.29, 0.717) is 21.4 Å². The van der Waals surface area contributed by atoms with Gasteiger partial charge in [-0.1, -0.05) is 73.9 Å². The van der Waals surface area contributed by atoms with Gasteiger partial charge in [-0.25, -0.2) is 19.6 Å². The Morgan fingerprint density at radius 1 is 0.809 bits per heavy atom. The summed E-state index contributed by atoms with van der Waals surface area (Å²) in [6, 6.07) is 24.7. The zero-order valence-corrected chi connectivity index (χ0v) is 27.5. The number of thiazole rings is 1. The zero-order valence-electron chi connectivity index (χ0n) is 25.8. The molecule has 0 atom stereocenters.